The molecule has 18 heavy (non-hydrogen) atoms. The van der Waals surface area contributed by atoms with Crippen molar-refractivity contribution in [1.29, 1.82) is 0 Å². The second-order valence-corrected chi connectivity index (χ2v) is 5.05. The minimum absolute atomic E-state index is 0.309. The van der Waals surface area contributed by atoms with E-state index in [-0.39, 0.29) is 5.97 Å². The van der Waals surface area contributed by atoms with Gasteiger partial charge in [-0.3, -0.25) is 0 Å². The van der Waals surface area contributed by atoms with Gasteiger partial charge in [-0.25, -0.2) is 4.79 Å². The molecule has 0 amide bonds. The summed E-state index contributed by atoms with van der Waals surface area (Å²) in [6.07, 6.45) is 0. The number of thiocarbonyl (C=S) groups is 1. The topological polar surface area (TPSA) is 50.4 Å². The number of thiophene rings is 1. The van der Waals surface area contributed by atoms with Crippen LogP contribution in [-0.4, -0.2) is 25.2 Å². The summed E-state index contributed by atoms with van der Waals surface area (Å²) in [5.41, 5.74) is 0.885. The van der Waals surface area contributed by atoms with Crippen molar-refractivity contribution in [2.45, 2.75) is 0 Å². The maximum absolute atomic E-state index is 11.4. The first-order chi connectivity index (χ1) is 8.63. The Labute approximate surface area is 114 Å². The molecule has 0 aliphatic heterocycles. The van der Waals surface area contributed by atoms with Crippen LogP contribution in [0.25, 0.3) is 10.1 Å². The van der Waals surface area contributed by atoms with Gasteiger partial charge in [-0.15, -0.1) is 11.3 Å². The fraction of sp³-hybridized carbons (Fsp3) is 0.167. The number of nitrogens with one attached hydrogen (secondary N) is 2. The molecule has 4 nitrogen and oxygen atoms in total. The zero-order valence-electron chi connectivity index (χ0n) is 9.94. The predicted molar refractivity (Wildman–Crippen MR) is 78.4 cm³/mol. The second kappa shape index (κ2) is 5.32. The highest BCUT2D eigenvalue weighted by Crippen LogP contribution is 2.28. The Kier molecular flexibility index (Phi) is 3.78. The van der Waals surface area contributed by atoms with Crippen LogP contribution in [0.5, 0.6) is 0 Å². The van der Waals surface area contributed by atoms with Crippen molar-refractivity contribution in [2.75, 3.05) is 19.5 Å². The van der Waals surface area contributed by atoms with E-state index in [2.05, 4.69) is 10.6 Å². The number of carbonyl (C=O) groups excluding carboxylic acids is 1. The fourth-order valence-corrected chi connectivity index (χ4v) is 2.60. The lowest BCUT2D eigenvalue weighted by Crippen LogP contribution is -2.23. The number of fused-ring (bicyclic) bond motifs is 1. The number of benzene rings is 1. The van der Waals surface area contributed by atoms with E-state index in [0.717, 1.165) is 15.8 Å². The Morgan fingerprint density at radius 1 is 1.39 bits per heavy atom. The number of hydrogen-bond donors (Lipinski definition) is 2. The number of methoxy groups -OCH3 is 1. The van der Waals surface area contributed by atoms with Gasteiger partial charge in [0.15, 0.2) is 5.11 Å². The maximum Gasteiger partial charge on any atom is 0.348 e. The molecule has 0 bridgehead atoms. The molecule has 6 heteroatoms. The van der Waals surface area contributed by atoms with E-state index in [9.17, 15) is 4.79 Å². The van der Waals surface area contributed by atoms with Crippen molar-refractivity contribution >= 4 is 50.4 Å². The van der Waals surface area contributed by atoms with Crippen molar-refractivity contribution in [3.8, 4) is 0 Å². The molecular weight excluding hydrogens is 268 g/mol. The van der Waals surface area contributed by atoms with E-state index in [0.29, 0.717) is 9.99 Å². The predicted octanol–water partition coefficient (Wildman–Crippen LogP) is 2.60. The van der Waals surface area contributed by atoms with Crippen LogP contribution >= 0.6 is 23.6 Å². The standard InChI is InChI=1S/C12H12N2O2S2/c1-13-12(17)14-8-3-4-9-7(5-8)6-10(18-9)11(15)16-2/h3-6H,1-2H3,(H2,13,14,17). The molecule has 2 N–H and O–H groups in total. The van der Waals surface area contributed by atoms with Gasteiger partial charge in [-0.05, 0) is 41.9 Å². The smallest absolute Gasteiger partial charge is 0.348 e. The van der Waals surface area contributed by atoms with E-state index in [4.69, 9.17) is 17.0 Å². The number of esters is 1. The summed E-state index contributed by atoms with van der Waals surface area (Å²) in [5.74, 6) is -0.309. The number of hydrogen-bond acceptors (Lipinski definition) is 4. The van der Waals surface area contributed by atoms with Crippen LogP contribution in [0.4, 0.5) is 5.69 Å². The molecule has 0 atom stereocenters. The summed E-state index contributed by atoms with van der Waals surface area (Å²) in [6, 6.07) is 7.64. The molecule has 0 unspecified atom stereocenters. The molecule has 2 rings (SSSR count). The van der Waals surface area contributed by atoms with Crippen LogP contribution in [-0.2, 0) is 4.74 Å². The van der Waals surface area contributed by atoms with Gasteiger partial charge in [0.1, 0.15) is 4.88 Å². The number of rotatable bonds is 2. The van der Waals surface area contributed by atoms with Gasteiger partial charge in [0, 0.05) is 17.4 Å². The van der Waals surface area contributed by atoms with Crippen LogP contribution in [0.15, 0.2) is 24.3 Å². The average Bonchev–Trinajstić information content (AvgIpc) is 2.80. The molecule has 1 heterocycles. The molecule has 0 saturated heterocycles. The highest BCUT2D eigenvalue weighted by molar-refractivity contribution is 7.80. The zero-order valence-corrected chi connectivity index (χ0v) is 11.6. The zero-order chi connectivity index (χ0) is 13.1. The van der Waals surface area contributed by atoms with E-state index in [1.54, 1.807) is 7.05 Å². The van der Waals surface area contributed by atoms with Gasteiger partial charge in [0.25, 0.3) is 0 Å². The third-order valence-electron chi connectivity index (χ3n) is 2.39. The van der Waals surface area contributed by atoms with Crippen LogP contribution in [0.2, 0.25) is 0 Å². The number of anilines is 1. The Morgan fingerprint density at radius 3 is 2.83 bits per heavy atom. The van der Waals surface area contributed by atoms with E-state index in [1.807, 2.05) is 24.3 Å². The molecule has 0 fully saturated rings. The Hall–Kier alpha value is -1.66. The summed E-state index contributed by atoms with van der Waals surface area (Å²) in [5, 5.41) is 7.43. The van der Waals surface area contributed by atoms with Crippen LogP contribution in [0, 0.1) is 0 Å². The summed E-state index contributed by atoms with van der Waals surface area (Å²) in [4.78, 5) is 12.0. The summed E-state index contributed by atoms with van der Waals surface area (Å²) in [6.45, 7) is 0. The van der Waals surface area contributed by atoms with E-state index < -0.39 is 0 Å². The molecule has 1 aromatic carbocycles. The molecule has 0 spiro atoms. The third kappa shape index (κ3) is 2.60. The highest BCUT2D eigenvalue weighted by atomic mass is 32.1. The number of ether oxygens (including phenoxy) is 1. The maximum atomic E-state index is 11.4. The largest absolute Gasteiger partial charge is 0.465 e. The Morgan fingerprint density at radius 2 is 2.17 bits per heavy atom. The van der Waals surface area contributed by atoms with Crippen molar-refractivity contribution < 1.29 is 9.53 Å². The van der Waals surface area contributed by atoms with Crippen LogP contribution in [0.3, 0.4) is 0 Å². The van der Waals surface area contributed by atoms with Gasteiger partial charge in [-0.2, -0.15) is 0 Å². The van der Waals surface area contributed by atoms with Gasteiger partial charge in [0.2, 0.25) is 0 Å². The van der Waals surface area contributed by atoms with Gasteiger partial charge < -0.3 is 15.4 Å². The molecule has 0 aliphatic carbocycles. The molecule has 94 valence electrons. The van der Waals surface area contributed by atoms with Gasteiger partial charge >= 0.3 is 5.97 Å². The molecular formula is C12H12N2O2S2. The Bertz CT molecular complexity index is 607. The van der Waals surface area contributed by atoms with E-state index in [1.165, 1.54) is 18.4 Å². The normalized spacial score (nSPS) is 10.1. The van der Waals surface area contributed by atoms with Crippen LogP contribution in [0.1, 0.15) is 9.67 Å². The van der Waals surface area contributed by atoms with Crippen molar-refractivity contribution in [3.63, 3.8) is 0 Å². The quantitative estimate of drug-likeness (QED) is 0.654. The summed E-state index contributed by atoms with van der Waals surface area (Å²) >= 11 is 6.44. The minimum atomic E-state index is -0.309. The lowest BCUT2D eigenvalue weighted by atomic mass is 10.2. The fourth-order valence-electron chi connectivity index (χ4n) is 1.52. The molecule has 2 aromatic rings. The third-order valence-corrected chi connectivity index (χ3v) is 3.79. The average molecular weight is 280 g/mol. The van der Waals surface area contributed by atoms with E-state index >= 15 is 0 Å². The van der Waals surface area contributed by atoms with Gasteiger partial charge in [0.05, 0.1) is 7.11 Å². The van der Waals surface area contributed by atoms with Crippen molar-refractivity contribution in [2.24, 2.45) is 0 Å². The SMILES string of the molecule is CNC(=S)Nc1ccc2sc(C(=O)OC)cc2c1. The van der Waals surface area contributed by atoms with Crippen molar-refractivity contribution in [3.05, 3.63) is 29.1 Å². The van der Waals surface area contributed by atoms with Gasteiger partial charge in [-0.1, -0.05) is 0 Å². The molecule has 0 radical (unpaired) electrons. The first-order valence-corrected chi connectivity index (χ1v) is 6.47. The highest BCUT2D eigenvalue weighted by Gasteiger charge is 2.10. The minimum Gasteiger partial charge on any atom is -0.465 e. The summed E-state index contributed by atoms with van der Waals surface area (Å²) in [7, 11) is 3.14. The molecule has 0 saturated carbocycles. The lowest BCUT2D eigenvalue weighted by molar-refractivity contribution is 0.0606. The number of carbonyl (C=O) groups is 1. The first kappa shape index (κ1) is 12.8. The van der Waals surface area contributed by atoms with Crippen molar-refractivity contribution in [1.82, 2.24) is 5.32 Å². The van der Waals surface area contributed by atoms with Crippen LogP contribution < -0.4 is 10.6 Å². The molecule has 0 aliphatic rings. The second-order valence-electron chi connectivity index (χ2n) is 3.56. The first-order valence-electron chi connectivity index (χ1n) is 5.24. The monoisotopic (exact) mass is 280 g/mol. The lowest BCUT2D eigenvalue weighted by Gasteiger charge is -2.06. The summed E-state index contributed by atoms with van der Waals surface area (Å²) < 4.78 is 5.74. The Balaban J connectivity index is 2.33. The molecule has 1 aromatic heterocycles.